The van der Waals surface area contributed by atoms with E-state index < -0.39 is 6.10 Å². The predicted molar refractivity (Wildman–Crippen MR) is 95.7 cm³/mol. The van der Waals surface area contributed by atoms with Crippen LogP contribution in [0.3, 0.4) is 0 Å². The van der Waals surface area contributed by atoms with Crippen molar-refractivity contribution >= 4 is 5.84 Å². The molecule has 0 saturated carbocycles. The van der Waals surface area contributed by atoms with Gasteiger partial charge < -0.3 is 15.1 Å². The highest BCUT2D eigenvalue weighted by molar-refractivity contribution is 5.82. The minimum Gasteiger partial charge on any atom is -0.384 e. The molecule has 2 aromatic carbocycles. The molecule has 0 spiro atoms. The number of nitrogens with two attached hydrogens (primary N) is 1. The molecule has 0 amide bonds. The Morgan fingerprint density at radius 3 is 2.64 bits per heavy atom. The minimum atomic E-state index is -0.486. The second-order valence-corrected chi connectivity index (χ2v) is 5.76. The van der Waals surface area contributed by atoms with Crippen molar-refractivity contribution in [2.75, 3.05) is 0 Å². The maximum Gasteiger partial charge on any atom is 0.270 e. The first-order chi connectivity index (χ1) is 12.1. The first kappa shape index (κ1) is 16.7. The second kappa shape index (κ2) is 7.61. The van der Waals surface area contributed by atoms with Crippen molar-refractivity contribution in [2.24, 2.45) is 10.9 Å². The van der Waals surface area contributed by atoms with Crippen LogP contribution < -0.4 is 5.73 Å². The zero-order chi connectivity index (χ0) is 17.6. The second-order valence-electron chi connectivity index (χ2n) is 5.76. The maximum atomic E-state index is 5.91. The average molecular weight is 336 g/mol. The highest BCUT2D eigenvalue weighted by Gasteiger charge is 2.17. The molecule has 25 heavy (non-hydrogen) atoms. The van der Waals surface area contributed by atoms with Crippen LogP contribution in [0.5, 0.6) is 0 Å². The fourth-order valence-corrected chi connectivity index (χ4v) is 2.36. The fourth-order valence-electron chi connectivity index (χ4n) is 2.36. The number of amidine groups is 1. The Balaban J connectivity index is 1.65. The van der Waals surface area contributed by atoms with Crippen LogP contribution in [0, 0.1) is 6.92 Å². The molecule has 0 bridgehead atoms. The summed E-state index contributed by atoms with van der Waals surface area (Å²) in [6.45, 7) is 3.79. The molecule has 2 N–H and O–H groups in total. The van der Waals surface area contributed by atoms with Crippen LogP contribution in [0.1, 0.15) is 30.0 Å². The number of nitrogens with zero attached hydrogens (tertiary/aromatic N) is 3. The lowest BCUT2D eigenvalue weighted by Gasteiger charge is -2.06. The highest BCUT2D eigenvalue weighted by atomic mass is 16.6. The van der Waals surface area contributed by atoms with Gasteiger partial charge in [0.05, 0.1) is 0 Å². The lowest BCUT2D eigenvalue weighted by molar-refractivity contribution is 0.0475. The smallest absolute Gasteiger partial charge is 0.270 e. The summed E-state index contributed by atoms with van der Waals surface area (Å²) >= 11 is 0. The zero-order valence-corrected chi connectivity index (χ0v) is 14.2. The number of oxime groups is 1. The maximum absolute atomic E-state index is 5.91. The molecular formula is C19H20N4O2. The van der Waals surface area contributed by atoms with Gasteiger partial charge in [-0.2, -0.15) is 4.98 Å². The number of aromatic nitrogens is 2. The van der Waals surface area contributed by atoms with Crippen molar-refractivity contribution < 1.29 is 9.36 Å². The molecule has 6 nitrogen and oxygen atoms in total. The molecule has 6 heteroatoms. The molecule has 1 heterocycles. The van der Waals surface area contributed by atoms with Crippen LogP contribution in [0.2, 0.25) is 0 Å². The van der Waals surface area contributed by atoms with Gasteiger partial charge in [-0.05, 0) is 25.0 Å². The van der Waals surface area contributed by atoms with Crippen molar-refractivity contribution in [3.05, 3.63) is 71.6 Å². The molecule has 1 atom stereocenters. The Bertz CT molecular complexity index is 859. The molecular weight excluding hydrogens is 316 g/mol. The van der Waals surface area contributed by atoms with Crippen LogP contribution in [-0.2, 0) is 11.3 Å². The van der Waals surface area contributed by atoms with E-state index in [1.54, 1.807) is 6.92 Å². The molecule has 3 aromatic rings. The molecule has 0 aliphatic carbocycles. The summed E-state index contributed by atoms with van der Waals surface area (Å²) in [7, 11) is 0. The minimum absolute atomic E-state index is 0.356. The van der Waals surface area contributed by atoms with Gasteiger partial charge >= 0.3 is 0 Å². The van der Waals surface area contributed by atoms with E-state index in [1.807, 2.05) is 61.5 Å². The molecule has 1 aromatic heterocycles. The largest absolute Gasteiger partial charge is 0.384 e. The molecule has 0 saturated heterocycles. The standard InChI is InChI=1S/C19H20N4O2/c1-13-8-6-7-11-16(13)18-21-19(25-23-18)14(2)24-22-17(20)12-15-9-4-3-5-10-15/h3-11,14H,12H2,1-2H3,(H2,20,22)/t14-/m0/s1. The van der Waals surface area contributed by atoms with E-state index in [-0.39, 0.29) is 0 Å². The van der Waals surface area contributed by atoms with E-state index >= 15 is 0 Å². The third kappa shape index (κ3) is 4.23. The van der Waals surface area contributed by atoms with Gasteiger partial charge in [0.1, 0.15) is 5.84 Å². The molecule has 3 rings (SSSR count). The van der Waals surface area contributed by atoms with E-state index in [9.17, 15) is 0 Å². The van der Waals surface area contributed by atoms with Gasteiger partial charge in [0, 0.05) is 12.0 Å². The number of aryl methyl sites for hydroxylation is 1. The van der Waals surface area contributed by atoms with E-state index in [1.165, 1.54) is 0 Å². The van der Waals surface area contributed by atoms with Gasteiger partial charge in [0.25, 0.3) is 5.89 Å². The molecule has 0 fully saturated rings. The van der Waals surface area contributed by atoms with Crippen LogP contribution in [0.15, 0.2) is 64.3 Å². The lowest BCUT2D eigenvalue weighted by Crippen LogP contribution is -2.16. The topological polar surface area (TPSA) is 86.5 Å². The van der Waals surface area contributed by atoms with Gasteiger partial charge in [-0.1, -0.05) is 64.9 Å². The van der Waals surface area contributed by atoms with Crippen molar-refractivity contribution in [1.29, 1.82) is 0 Å². The molecule has 0 aliphatic heterocycles. The van der Waals surface area contributed by atoms with Gasteiger partial charge in [-0.15, -0.1) is 0 Å². The Morgan fingerprint density at radius 1 is 1.16 bits per heavy atom. The average Bonchev–Trinajstić information content (AvgIpc) is 3.11. The number of rotatable bonds is 6. The lowest BCUT2D eigenvalue weighted by atomic mass is 10.1. The van der Waals surface area contributed by atoms with Crippen LogP contribution in [0.25, 0.3) is 11.4 Å². The first-order valence-corrected chi connectivity index (χ1v) is 8.05. The predicted octanol–water partition coefficient (Wildman–Crippen LogP) is 3.64. The normalized spacial score (nSPS) is 12.8. The third-order valence-corrected chi connectivity index (χ3v) is 3.73. The van der Waals surface area contributed by atoms with E-state index in [0.29, 0.717) is 24.0 Å². The van der Waals surface area contributed by atoms with E-state index in [2.05, 4.69) is 15.3 Å². The number of hydrogen-bond donors (Lipinski definition) is 1. The summed E-state index contributed by atoms with van der Waals surface area (Å²) in [5.74, 6) is 1.27. The van der Waals surface area contributed by atoms with Gasteiger partial charge in [-0.3, -0.25) is 0 Å². The summed E-state index contributed by atoms with van der Waals surface area (Å²) in [4.78, 5) is 9.80. The van der Waals surface area contributed by atoms with E-state index in [0.717, 1.165) is 16.7 Å². The Morgan fingerprint density at radius 2 is 1.88 bits per heavy atom. The van der Waals surface area contributed by atoms with Crippen molar-refractivity contribution in [1.82, 2.24) is 10.1 Å². The van der Waals surface area contributed by atoms with Crippen molar-refractivity contribution in [3.63, 3.8) is 0 Å². The first-order valence-electron chi connectivity index (χ1n) is 8.05. The monoisotopic (exact) mass is 336 g/mol. The van der Waals surface area contributed by atoms with Crippen LogP contribution >= 0.6 is 0 Å². The Kier molecular flexibility index (Phi) is 5.09. The fraction of sp³-hybridized carbons (Fsp3) is 0.211. The SMILES string of the molecule is Cc1ccccc1-c1noc([C@H](C)O/N=C(\N)Cc2ccccc2)n1. The highest BCUT2D eigenvalue weighted by Crippen LogP contribution is 2.23. The number of hydrogen-bond acceptors (Lipinski definition) is 5. The van der Waals surface area contributed by atoms with Gasteiger partial charge in [0.15, 0.2) is 0 Å². The quantitative estimate of drug-likeness (QED) is 0.422. The van der Waals surface area contributed by atoms with Crippen molar-refractivity contribution in [2.45, 2.75) is 26.4 Å². The summed E-state index contributed by atoms with van der Waals surface area (Å²) in [6, 6.07) is 17.7. The summed E-state index contributed by atoms with van der Waals surface area (Å²) in [5.41, 5.74) is 8.98. The van der Waals surface area contributed by atoms with E-state index in [4.69, 9.17) is 15.1 Å². The number of benzene rings is 2. The zero-order valence-electron chi connectivity index (χ0n) is 14.2. The molecule has 0 radical (unpaired) electrons. The third-order valence-electron chi connectivity index (χ3n) is 3.73. The van der Waals surface area contributed by atoms with Gasteiger partial charge in [0.2, 0.25) is 11.9 Å². The van der Waals surface area contributed by atoms with Crippen LogP contribution in [-0.4, -0.2) is 16.0 Å². The molecule has 0 unspecified atom stereocenters. The Labute approximate surface area is 146 Å². The molecule has 128 valence electrons. The van der Waals surface area contributed by atoms with Gasteiger partial charge in [-0.25, -0.2) is 0 Å². The summed E-state index contributed by atoms with van der Waals surface area (Å²) in [6.07, 6.45) is 0.0332. The summed E-state index contributed by atoms with van der Waals surface area (Å²) in [5, 5.41) is 7.98. The van der Waals surface area contributed by atoms with Crippen molar-refractivity contribution in [3.8, 4) is 11.4 Å². The Hall–Kier alpha value is -3.15. The summed E-state index contributed by atoms with van der Waals surface area (Å²) < 4.78 is 5.29. The van der Waals surface area contributed by atoms with Crippen LogP contribution in [0.4, 0.5) is 0 Å². The molecule has 0 aliphatic rings.